The fraction of sp³-hybridized carbons (Fsp3) is 0.239. The van der Waals surface area contributed by atoms with E-state index in [1.807, 2.05) is 146 Å². The fourth-order valence-electron chi connectivity index (χ4n) is 9.64. The zero-order valence-electron chi connectivity index (χ0n) is 57.3. The predicted octanol–water partition coefficient (Wildman–Crippen LogP) is 14.5. The molecule has 0 saturated carbocycles. The Labute approximate surface area is 610 Å². The van der Waals surface area contributed by atoms with Crippen LogP contribution in [-0.2, 0) is 28.6 Å². The van der Waals surface area contributed by atoms with Crippen molar-refractivity contribution in [2.24, 2.45) is 5.84 Å². The number of carboxylic acids is 2. The summed E-state index contributed by atoms with van der Waals surface area (Å²) in [5.41, 5.74) is 15.6. The van der Waals surface area contributed by atoms with Crippen LogP contribution >= 0.6 is 56.7 Å². The molecule has 0 saturated heterocycles. The molecule has 14 rings (SSSR count). The number of hydrazine groups is 1. The number of benzene rings is 5. The van der Waals surface area contributed by atoms with E-state index in [0.29, 0.717) is 45.7 Å². The molecule has 9 heterocycles. The molecule has 0 unspecified atom stereocenters. The smallest absolute Gasteiger partial charge is 0.375 e. The number of thiazole rings is 5. The van der Waals surface area contributed by atoms with E-state index >= 15 is 0 Å². The van der Waals surface area contributed by atoms with E-state index in [-0.39, 0.29) is 43.6 Å². The van der Waals surface area contributed by atoms with Gasteiger partial charge in [-0.1, -0.05) is 125 Å². The number of Topliss-reactive ketones (excluding diaryl/α,β-unsaturated/α-hetero) is 2. The minimum absolute atomic E-state index is 0. The van der Waals surface area contributed by atoms with Crippen molar-refractivity contribution in [1.29, 1.82) is 0 Å². The number of nitrogens with zero attached hydrogens (tertiary/aromatic N) is 13. The second-order valence-corrected chi connectivity index (χ2v) is 27.3. The minimum Gasteiger partial charge on any atom is -0.477 e. The maximum atomic E-state index is 12.0. The molecule has 0 aliphatic carbocycles. The van der Waals surface area contributed by atoms with Gasteiger partial charge in [0.25, 0.3) is 0 Å². The van der Waals surface area contributed by atoms with Gasteiger partial charge >= 0.3 is 29.8 Å². The van der Waals surface area contributed by atoms with Crippen molar-refractivity contribution in [1.82, 2.24) is 64.0 Å². The third-order valence-corrected chi connectivity index (χ3v) is 19.3. The average molecular weight is 1490 g/mol. The molecule has 14 aromatic rings. The third kappa shape index (κ3) is 18.9. The highest BCUT2D eigenvalue weighted by atomic mass is 32.1. The van der Waals surface area contributed by atoms with Crippen LogP contribution in [0.25, 0.3) is 71.6 Å². The average Bonchev–Trinajstić information content (AvgIpc) is 1.70. The summed E-state index contributed by atoms with van der Waals surface area (Å²) in [5, 5.41) is 38.6. The number of ether oxygens (including phenoxy) is 3. The number of esters is 3. The van der Waals surface area contributed by atoms with Crippen LogP contribution in [0.5, 0.6) is 0 Å². The van der Waals surface area contributed by atoms with E-state index in [9.17, 15) is 38.7 Å². The Balaban J connectivity index is 0.000000159. The lowest BCUT2D eigenvalue weighted by Gasteiger charge is -2.02. The maximum absolute atomic E-state index is 12.0. The first kappa shape index (κ1) is 77.6. The lowest BCUT2D eigenvalue weighted by Crippen LogP contribution is -2.19. The number of anilines is 1. The molecule has 0 aliphatic rings. The molecule has 5 aromatic carbocycles. The van der Waals surface area contributed by atoms with E-state index in [1.54, 1.807) is 88.7 Å². The summed E-state index contributed by atoms with van der Waals surface area (Å²) in [4.78, 5) is 99.9. The van der Waals surface area contributed by atoms with Crippen LogP contribution in [-0.4, -0.2) is 135 Å². The van der Waals surface area contributed by atoms with Crippen molar-refractivity contribution in [3.63, 3.8) is 0 Å². The van der Waals surface area contributed by atoms with Gasteiger partial charge in [-0.3, -0.25) is 15.0 Å². The Kier molecular flexibility index (Phi) is 26.3. The minimum atomic E-state index is -1.03. The fourth-order valence-corrected chi connectivity index (χ4v) is 14.5. The number of ketones is 2. The van der Waals surface area contributed by atoms with E-state index in [2.05, 4.69) is 55.5 Å². The number of aromatic nitrogens is 13. The first-order valence-corrected chi connectivity index (χ1v) is 35.4. The number of para-hydroxylation sites is 5. The highest BCUT2D eigenvalue weighted by Gasteiger charge is 2.23. The highest BCUT2D eigenvalue weighted by molar-refractivity contribution is 7.22. The number of aryl methyl sites for hydroxylation is 8. The number of carboxylic acid groups (broad SMARTS) is 2. The summed E-state index contributed by atoms with van der Waals surface area (Å²) in [7, 11) is 0. The van der Waals surface area contributed by atoms with Gasteiger partial charge < -0.3 is 24.4 Å². The molecule has 0 amide bonds. The van der Waals surface area contributed by atoms with Crippen LogP contribution in [0.3, 0.4) is 0 Å². The van der Waals surface area contributed by atoms with Crippen molar-refractivity contribution in [3.8, 4) is 20.5 Å². The molecule has 0 radical (unpaired) electrons. The van der Waals surface area contributed by atoms with Gasteiger partial charge in [0.1, 0.15) is 5.78 Å². The second kappa shape index (κ2) is 34.9. The second-order valence-electron chi connectivity index (χ2n) is 22.2. The molecule has 0 bridgehead atoms. The molecule has 27 nitrogen and oxygen atoms in total. The largest absolute Gasteiger partial charge is 0.477 e. The van der Waals surface area contributed by atoms with Crippen molar-refractivity contribution < 1.29 is 58.0 Å². The maximum Gasteiger partial charge on any atom is 0.375 e. The summed E-state index contributed by atoms with van der Waals surface area (Å²) in [6.45, 7) is 22.6. The number of nitrogens with two attached hydrogens (primary N) is 1. The normalized spacial score (nSPS) is 10.6. The first-order valence-electron chi connectivity index (χ1n) is 31.3. The number of hydrogen-bond donors (Lipinski definition) is 4. The molecule has 0 aliphatic heterocycles. The number of rotatable bonds is 15. The molecular formula is C71H73N15O12S5. The summed E-state index contributed by atoms with van der Waals surface area (Å²) in [6.07, 6.45) is -0.362. The Morgan fingerprint density at radius 1 is 0.447 bits per heavy atom. The standard InChI is InChI=1S/2C15H15N3O2S.2C13H11N3O2S.C7H7N3S.C7H10O4.CH4/c1-4-20-14(19)11-8-10(3)18(17-11)15-16-13-9(2)6-5-7-12(13)21-15;1-4-20-14(19)11-8-10(3)17-18(11)15-16-13-9(2)6-5-7-12(13)21-15;1-7-4-3-5-10-11(7)14-13(19-10)16-8(2)6-9(15-16)12(17)18;1-7-4-3-5-10-11(7)14-13(19-10)16-9(12(17)18)6-8(2)15-16;8-10-7-9-5-3-1-2-4-6(5)11-7;1-3-11-7(10)6(9)4-5(2)8;/h2*5-8H,4H2,1-3H3;2*3-6H,1-2H3,(H,17,18);1-4H,8H2,(H,9,10);3-4H2,1-2H3;1H4. The van der Waals surface area contributed by atoms with Crippen molar-refractivity contribution in [2.45, 2.75) is 96.9 Å². The summed E-state index contributed by atoms with van der Waals surface area (Å²) < 4.78 is 26.1. The Hall–Kier alpha value is -11.2. The van der Waals surface area contributed by atoms with Crippen LogP contribution in [0, 0.1) is 55.4 Å². The molecule has 0 atom stereocenters. The number of aromatic carboxylic acids is 2. The number of fused-ring (bicyclic) bond motifs is 5. The quantitative estimate of drug-likeness (QED) is 0.0185. The van der Waals surface area contributed by atoms with Gasteiger partial charge in [0.15, 0.2) is 27.9 Å². The molecule has 9 aromatic heterocycles. The van der Waals surface area contributed by atoms with Gasteiger partial charge in [-0.25, -0.2) is 64.1 Å². The number of nitrogen functional groups attached to an aromatic ring is 1. The zero-order valence-corrected chi connectivity index (χ0v) is 61.4. The topological polar surface area (TPSA) is 361 Å². The van der Waals surface area contributed by atoms with Crippen LogP contribution < -0.4 is 11.3 Å². The van der Waals surface area contributed by atoms with Crippen LogP contribution in [0.15, 0.2) is 121 Å². The predicted molar refractivity (Wildman–Crippen MR) is 402 cm³/mol. The summed E-state index contributed by atoms with van der Waals surface area (Å²) in [6, 6.07) is 38.5. The number of carbonyl (C=O) groups excluding carboxylic acids is 5. The van der Waals surface area contributed by atoms with Crippen molar-refractivity contribution >= 4 is 154 Å². The summed E-state index contributed by atoms with van der Waals surface area (Å²) in [5.74, 6) is 0.357. The molecule has 103 heavy (non-hydrogen) atoms. The van der Waals surface area contributed by atoms with Crippen LogP contribution in [0.1, 0.15) is 129 Å². The molecule has 5 N–H and O–H groups in total. The monoisotopic (exact) mass is 1490 g/mol. The number of carbonyl (C=O) groups is 7. The number of hydrogen-bond acceptors (Lipinski definition) is 26. The van der Waals surface area contributed by atoms with Gasteiger partial charge in [-0.05, 0) is 166 Å². The van der Waals surface area contributed by atoms with Gasteiger partial charge in [-0.15, -0.1) is 0 Å². The van der Waals surface area contributed by atoms with E-state index < -0.39 is 29.7 Å². The SMILES string of the molecule is C.CCOC(=O)C(=O)CC(C)=O.CCOC(=O)c1cc(C)n(-c2nc3c(C)cccc3s2)n1.CCOC(=O)c1cc(C)nn1-c1nc2c(C)cccc2s1.Cc1cc(C(=O)O)n(-c2nc3c(C)cccc3s2)n1.Cc1cccc2sc(-n3nc(C(=O)O)cc3C)nc12.NNc1nc2ccccc2s1. The lowest BCUT2D eigenvalue weighted by atomic mass is 10.2. The Morgan fingerprint density at radius 3 is 1.22 bits per heavy atom. The Morgan fingerprint density at radius 2 is 0.835 bits per heavy atom. The Bertz CT molecular complexity index is 5390. The van der Waals surface area contributed by atoms with E-state index in [4.69, 9.17) is 20.4 Å². The lowest BCUT2D eigenvalue weighted by molar-refractivity contribution is -0.154. The third-order valence-electron chi connectivity index (χ3n) is 14.3. The van der Waals surface area contributed by atoms with Crippen molar-refractivity contribution in [3.05, 3.63) is 189 Å². The zero-order chi connectivity index (χ0) is 73.6. The van der Waals surface area contributed by atoms with Crippen molar-refractivity contribution in [2.75, 3.05) is 25.2 Å². The van der Waals surface area contributed by atoms with E-state index in [0.717, 1.165) is 101 Å². The van der Waals surface area contributed by atoms with Gasteiger partial charge in [0.2, 0.25) is 26.3 Å². The number of nitrogens with one attached hydrogen (secondary N) is 1. The van der Waals surface area contributed by atoms with Gasteiger partial charge in [0, 0.05) is 11.4 Å². The van der Waals surface area contributed by atoms with Gasteiger partial charge in [0.05, 0.1) is 88.7 Å². The van der Waals surface area contributed by atoms with Gasteiger partial charge in [-0.2, -0.15) is 29.8 Å². The van der Waals surface area contributed by atoms with E-state index in [1.165, 1.54) is 45.6 Å². The van der Waals surface area contributed by atoms with Crippen LogP contribution in [0.2, 0.25) is 0 Å². The van der Waals surface area contributed by atoms with Crippen LogP contribution in [0.4, 0.5) is 5.13 Å². The molecule has 32 heteroatoms. The molecule has 0 spiro atoms. The summed E-state index contributed by atoms with van der Waals surface area (Å²) >= 11 is 7.55. The molecular weight excluding hydrogens is 1420 g/mol. The highest BCUT2D eigenvalue weighted by Crippen LogP contribution is 2.32. The molecule has 0 fully saturated rings. The first-order chi connectivity index (χ1) is 48.8. The molecule has 534 valence electrons.